The van der Waals surface area contributed by atoms with Crippen molar-refractivity contribution in [3.8, 4) is 11.5 Å². The number of hydrogen-bond donors (Lipinski definition) is 2. The van der Waals surface area contributed by atoms with Crippen molar-refractivity contribution in [2.75, 3.05) is 17.7 Å². The summed E-state index contributed by atoms with van der Waals surface area (Å²) < 4.78 is 10.4. The molecule has 142 valence electrons. The maximum atomic E-state index is 12.6. The van der Waals surface area contributed by atoms with Crippen LogP contribution in [0.5, 0.6) is 11.5 Å². The summed E-state index contributed by atoms with van der Waals surface area (Å²) in [5.74, 6) is 0.636. The normalized spacial score (nSPS) is 10.1. The standard InChI is InChI=1S/C21H17ClN2O4/c1-27-21(26)23-15-12-10-14(11-13-15)20(25)24-17-7-3-5-9-19(17)28-18-8-4-2-6-16(18)22/h2-13H,1H3,(H,23,26)(H,24,25). The first kappa shape index (κ1) is 19.3. The highest BCUT2D eigenvalue weighted by atomic mass is 35.5. The third-order valence-electron chi connectivity index (χ3n) is 3.77. The Morgan fingerprint density at radius 3 is 2.14 bits per heavy atom. The summed E-state index contributed by atoms with van der Waals surface area (Å²) >= 11 is 6.14. The molecule has 3 aromatic rings. The van der Waals surface area contributed by atoms with Gasteiger partial charge < -0.3 is 14.8 Å². The van der Waals surface area contributed by atoms with Crippen LogP contribution in [0.3, 0.4) is 0 Å². The summed E-state index contributed by atoms with van der Waals surface area (Å²) in [5, 5.41) is 5.81. The van der Waals surface area contributed by atoms with Crippen LogP contribution in [0.2, 0.25) is 5.02 Å². The molecule has 0 bridgehead atoms. The maximum absolute atomic E-state index is 12.6. The van der Waals surface area contributed by atoms with E-state index in [1.54, 1.807) is 60.7 Å². The van der Waals surface area contributed by atoms with Gasteiger partial charge in [0.05, 0.1) is 17.8 Å². The van der Waals surface area contributed by atoms with Crippen LogP contribution in [0.1, 0.15) is 10.4 Å². The molecule has 0 aromatic heterocycles. The number of rotatable bonds is 5. The molecule has 0 aliphatic rings. The lowest BCUT2D eigenvalue weighted by Crippen LogP contribution is -2.13. The minimum absolute atomic E-state index is 0.320. The van der Waals surface area contributed by atoms with E-state index in [1.165, 1.54) is 7.11 Å². The van der Waals surface area contributed by atoms with Crippen LogP contribution in [0.15, 0.2) is 72.8 Å². The smallest absolute Gasteiger partial charge is 0.411 e. The molecule has 28 heavy (non-hydrogen) atoms. The minimum atomic E-state index is -0.581. The van der Waals surface area contributed by atoms with Crippen LogP contribution < -0.4 is 15.4 Å². The summed E-state index contributed by atoms with van der Waals surface area (Å²) in [6.07, 6.45) is -0.581. The molecule has 7 heteroatoms. The Morgan fingerprint density at radius 2 is 1.46 bits per heavy atom. The second-order valence-electron chi connectivity index (χ2n) is 5.68. The predicted molar refractivity (Wildman–Crippen MR) is 108 cm³/mol. The summed E-state index contributed by atoms with van der Waals surface area (Å²) in [5.41, 5.74) is 1.44. The number of amides is 2. The summed E-state index contributed by atoms with van der Waals surface area (Å²) in [4.78, 5) is 23.8. The van der Waals surface area contributed by atoms with Gasteiger partial charge in [0.1, 0.15) is 5.75 Å². The maximum Gasteiger partial charge on any atom is 0.411 e. The largest absolute Gasteiger partial charge is 0.454 e. The highest BCUT2D eigenvalue weighted by molar-refractivity contribution is 6.32. The zero-order chi connectivity index (χ0) is 19.9. The van der Waals surface area contributed by atoms with E-state index in [4.69, 9.17) is 16.3 Å². The number of anilines is 2. The Balaban J connectivity index is 1.74. The van der Waals surface area contributed by atoms with Gasteiger partial charge in [-0.15, -0.1) is 0 Å². The first-order chi connectivity index (χ1) is 13.6. The van der Waals surface area contributed by atoms with Gasteiger partial charge in [-0.3, -0.25) is 10.1 Å². The third kappa shape index (κ3) is 4.81. The third-order valence-corrected chi connectivity index (χ3v) is 4.08. The number of nitrogens with one attached hydrogen (secondary N) is 2. The van der Waals surface area contributed by atoms with Crippen molar-refractivity contribution in [3.05, 3.63) is 83.4 Å². The highest BCUT2D eigenvalue weighted by Crippen LogP contribution is 2.33. The average Bonchev–Trinajstić information content (AvgIpc) is 2.71. The van der Waals surface area contributed by atoms with Crippen molar-refractivity contribution in [1.82, 2.24) is 0 Å². The molecule has 0 unspecified atom stereocenters. The molecule has 0 spiro atoms. The van der Waals surface area contributed by atoms with Crippen LogP contribution in [-0.4, -0.2) is 19.1 Å². The summed E-state index contributed by atoms with van der Waals surface area (Å²) in [6, 6.07) is 20.6. The Labute approximate surface area is 167 Å². The predicted octanol–water partition coefficient (Wildman–Crippen LogP) is 5.56. The molecule has 0 radical (unpaired) electrons. The Morgan fingerprint density at radius 1 is 0.821 bits per heavy atom. The molecule has 0 heterocycles. The topological polar surface area (TPSA) is 76.7 Å². The molecular formula is C21H17ClN2O4. The fourth-order valence-electron chi connectivity index (χ4n) is 2.37. The number of halogens is 1. The lowest BCUT2D eigenvalue weighted by atomic mass is 10.2. The van der Waals surface area contributed by atoms with Gasteiger partial charge in [-0.2, -0.15) is 0 Å². The first-order valence-corrected chi connectivity index (χ1v) is 8.72. The van der Waals surface area contributed by atoms with Gasteiger partial charge in [0.25, 0.3) is 5.91 Å². The zero-order valence-electron chi connectivity index (χ0n) is 14.9. The molecular weight excluding hydrogens is 380 g/mol. The van der Waals surface area contributed by atoms with Crippen molar-refractivity contribution in [1.29, 1.82) is 0 Å². The van der Waals surface area contributed by atoms with Crippen molar-refractivity contribution in [2.24, 2.45) is 0 Å². The molecule has 0 aliphatic carbocycles. The Bertz CT molecular complexity index is 990. The lowest BCUT2D eigenvalue weighted by molar-refractivity contribution is 0.102. The van der Waals surface area contributed by atoms with E-state index in [0.717, 1.165) is 0 Å². The van der Waals surface area contributed by atoms with E-state index >= 15 is 0 Å². The monoisotopic (exact) mass is 396 g/mol. The fraction of sp³-hybridized carbons (Fsp3) is 0.0476. The molecule has 3 rings (SSSR count). The fourth-order valence-corrected chi connectivity index (χ4v) is 2.55. The highest BCUT2D eigenvalue weighted by Gasteiger charge is 2.12. The SMILES string of the molecule is COC(=O)Nc1ccc(C(=O)Nc2ccccc2Oc2ccccc2Cl)cc1. The van der Waals surface area contributed by atoms with Crippen molar-refractivity contribution in [3.63, 3.8) is 0 Å². The zero-order valence-corrected chi connectivity index (χ0v) is 15.7. The van der Waals surface area contributed by atoms with Crippen LogP contribution in [0.25, 0.3) is 0 Å². The molecule has 3 aromatic carbocycles. The van der Waals surface area contributed by atoms with E-state index in [0.29, 0.717) is 33.5 Å². The average molecular weight is 397 g/mol. The number of ether oxygens (including phenoxy) is 2. The van der Waals surface area contributed by atoms with Crippen molar-refractivity contribution >= 4 is 35.0 Å². The van der Waals surface area contributed by atoms with Gasteiger partial charge in [-0.1, -0.05) is 35.9 Å². The second-order valence-corrected chi connectivity index (χ2v) is 6.08. The lowest BCUT2D eigenvalue weighted by Gasteiger charge is -2.13. The minimum Gasteiger partial charge on any atom is -0.454 e. The number of para-hydroxylation sites is 3. The van der Waals surface area contributed by atoms with Gasteiger partial charge in [0.15, 0.2) is 5.75 Å². The van der Waals surface area contributed by atoms with Gasteiger partial charge in [0, 0.05) is 11.3 Å². The molecule has 0 saturated carbocycles. The van der Waals surface area contributed by atoms with E-state index in [-0.39, 0.29) is 5.91 Å². The van der Waals surface area contributed by atoms with E-state index in [2.05, 4.69) is 15.4 Å². The Kier molecular flexibility index (Phi) is 6.14. The van der Waals surface area contributed by atoms with Crippen LogP contribution >= 0.6 is 11.6 Å². The van der Waals surface area contributed by atoms with E-state index in [1.807, 2.05) is 12.1 Å². The Hall–Kier alpha value is -3.51. The van der Waals surface area contributed by atoms with Crippen molar-refractivity contribution in [2.45, 2.75) is 0 Å². The number of carbonyl (C=O) groups is 2. The van der Waals surface area contributed by atoms with Gasteiger partial charge in [0.2, 0.25) is 0 Å². The van der Waals surface area contributed by atoms with E-state index < -0.39 is 6.09 Å². The van der Waals surface area contributed by atoms with E-state index in [9.17, 15) is 9.59 Å². The van der Waals surface area contributed by atoms with Gasteiger partial charge in [-0.05, 0) is 48.5 Å². The molecule has 6 nitrogen and oxygen atoms in total. The van der Waals surface area contributed by atoms with Crippen LogP contribution in [-0.2, 0) is 4.74 Å². The molecule has 0 saturated heterocycles. The molecule has 0 atom stereocenters. The van der Waals surface area contributed by atoms with Gasteiger partial charge in [-0.25, -0.2) is 4.79 Å². The van der Waals surface area contributed by atoms with Gasteiger partial charge >= 0.3 is 6.09 Å². The second kappa shape index (κ2) is 8.92. The molecule has 0 aliphatic heterocycles. The van der Waals surface area contributed by atoms with Crippen molar-refractivity contribution < 1.29 is 19.1 Å². The quantitative estimate of drug-likeness (QED) is 0.591. The van der Waals surface area contributed by atoms with Crippen LogP contribution in [0, 0.1) is 0 Å². The molecule has 2 amide bonds. The summed E-state index contributed by atoms with van der Waals surface area (Å²) in [6.45, 7) is 0. The number of methoxy groups -OCH3 is 1. The molecule has 0 fully saturated rings. The number of hydrogen-bond acceptors (Lipinski definition) is 4. The first-order valence-electron chi connectivity index (χ1n) is 8.34. The number of carbonyl (C=O) groups excluding carboxylic acids is 2. The number of benzene rings is 3. The van der Waals surface area contributed by atoms with Crippen LogP contribution in [0.4, 0.5) is 16.2 Å². The molecule has 2 N–H and O–H groups in total. The summed E-state index contributed by atoms with van der Waals surface area (Å²) in [7, 11) is 1.28.